The molecule has 0 bridgehead atoms. The van der Waals surface area contributed by atoms with Crippen LogP contribution in [0.1, 0.15) is 12.5 Å². The molecule has 0 spiro atoms. The molecule has 13 heavy (non-hydrogen) atoms. The molecule has 1 aliphatic rings. The molecule has 0 saturated carbocycles. The Morgan fingerprint density at radius 1 is 1.31 bits per heavy atom. The minimum absolute atomic E-state index is 0.712. The Hall–Kier alpha value is -1.57. The third-order valence-electron chi connectivity index (χ3n) is 2.11. The second kappa shape index (κ2) is 3.05. The van der Waals surface area contributed by atoms with Crippen LogP contribution in [0, 0.1) is 0 Å². The lowest BCUT2D eigenvalue weighted by molar-refractivity contribution is 0.570. The molecule has 0 atom stereocenters. The first kappa shape index (κ1) is 8.05. The monoisotopic (exact) mass is 173 g/mol. The van der Waals surface area contributed by atoms with Crippen molar-refractivity contribution in [3.63, 3.8) is 0 Å². The van der Waals surface area contributed by atoms with Gasteiger partial charge in [0.1, 0.15) is 5.75 Å². The summed E-state index contributed by atoms with van der Waals surface area (Å²) >= 11 is 0. The van der Waals surface area contributed by atoms with Crippen LogP contribution in [-0.4, -0.2) is 12.9 Å². The van der Waals surface area contributed by atoms with Gasteiger partial charge in [-0.15, -0.1) is 0 Å². The van der Waals surface area contributed by atoms with Crippen LogP contribution in [-0.2, 0) is 0 Å². The van der Waals surface area contributed by atoms with Crippen LogP contribution in [0.2, 0.25) is 0 Å². The van der Waals surface area contributed by atoms with E-state index >= 15 is 0 Å². The van der Waals surface area contributed by atoms with Crippen LogP contribution in [0.25, 0.3) is 5.57 Å². The fraction of sp³-hybridized carbons (Fsp3) is 0.182. The summed E-state index contributed by atoms with van der Waals surface area (Å²) < 4.78 is 5.54. The quantitative estimate of drug-likeness (QED) is 0.590. The summed E-state index contributed by atoms with van der Waals surface area (Å²) in [6.45, 7) is 1.99. The van der Waals surface area contributed by atoms with Crippen molar-refractivity contribution >= 4 is 11.5 Å². The molecule has 2 nitrogen and oxygen atoms in total. The molecule has 1 heterocycles. The van der Waals surface area contributed by atoms with Gasteiger partial charge >= 0.3 is 0 Å². The highest BCUT2D eigenvalue weighted by Crippen LogP contribution is 2.33. The Morgan fingerprint density at radius 3 is 2.77 bits per heavy atom. The minimum atomic E-state index is 0.712. The third kappa shape index (κ3) is 1.15. The van der Waals surface area contributed by atoms with Crippen LogP contribution < -0.4 is 4.74 Å². The van der Waals surface area contributed by atoms with E-state index < -0.39 is 0 Å². The van der Waals surface area contributed by atoms with Crippen molar-refractivity contribution in [1.82, 2.24) is 0 Å². The molecule has 2 heteroatoms. The largest absolute Gasteiger partial charge is 0.438 e. The number of benzene rings is 1. The molecule has 0 aliphatic carbocycles. The summed E-state index contributed by atoms with van der Waals surface area (Å²) in [5.74, 6) is 1.61. The molecule has 0 amide bonds. The van der Waals surface area contributed by atoms with Gasteiger partial charge in [0.25, 0.3) is 0 Å². The second-order valence-electron chi connectivity index (χ2n) is 2.83. The third-order valence-corrected chi connectivity index (χ3v) is 2.11. The highest BCUT2D eigenvalue weighted by atomic mass is 16.5. The van der Waals surface area contributed by atoms with E-state index in [1.54, 1.807) is 7.05 Å². The van der Waals surface area contributed by atoms with Crippen molar-refractivity contribution in [3.05, 3.63) is 35.9 Å². The van der Waals surface area contributed by atoms with Crippen molar-refractivity contribution in [1.29, 1.82) is 0 Å². The summed E-state index contributed by atoms with van der Waals surface area (Å²) in [7, 11) is 1.74. The SMILES string of the molecule is C/C=C1\C(=N/C)Oc2ccccc21. The number of aliphatic imine (C=N–C) groups is 1. The predicted molar refractivity (Wildman–Crippen MR) is 54.1 cm³/mol. The maximum atomic E-state index is 5.54. The smallest absolute Gasteiger partial charge is 0.222 e. The van der Waals surface area contributed by atoms with Gasteiger partial charge in [0.15, 0.2) is 0 Å². The van der Waals surface area contributed by atoms with E-state index in [1.807, 2.05) is 37.3 Å². The number of hydrogen-bond donors (Lipinski definition) is 0. The standard InChI is InChI=1S/C11H11NO/c1-3-8-9-6-4-5-7-10(9)13-11(8)12-2/h3-7H,1-2H3/b8-3-,12-11+. The second-order valence-corrected chi connectivity index (χ2v) is 2.83. The number of rotatable bonds is 0. The van der Waals surface area contributed by atoms with Crippen LogP contribution in [0.15, 0.2) is 35.3 Å². The highest BCUT2D eigenvalue weighted by molar-refractivity contribution is 6.24. The summed E-state index contributed by atoms with van der Waals surface area (Å²) in [6.07, 6.45) is 2.02. The van der Waals surface area contributed by atoms with Gasteiger partial charge in [-0.1, -0.05) is 24.3 Å². The number of ether oxygens (including phenoxy) is 1. The number of allylic oxidation sites excluding steroid dienone is 1. The van der Waals surface area contributed by atoms with Crippen molar-refractivity contribution < 1.29 is 4.74 Å². The summed E-state index contributed by atoms with van der Waals surface area (Å²) in [6, 6.07) is 7.97. The Bertz CT molecular complexity index is 391. The van der Waals surface area contributed by atoms with E-state index in [0.29, 0.717) is 5.90 Å². The molecule has 0 N–H and O–H groups in total. The number of hydrogen-bond acceptors (Lipinski definition) is 2. The van der Waals surface area contributed by atoms with E-state index in [1.165, 1.54) is 0 Å². The molecule has 66 valence electrons. The maximum Gasteiger partial charge on any atom is 0.222 e. The maximum absolute atomic E-state index is 5.54. The predicted octanol–water partition coefficient (Wildman–Crippen LogP) is 2.51. The van der Waals surface area contributed by atoms with E-state index in [2.05, 4.69) is 4.99 Å². The molecule has 1 aromatic rings. The van der Waals surface area contributed by atoms with E-state index in [0.717, 1.165) is 16.9 Å². The highest BCUT2D eigenvalue weighted by Gasteiger charge is 2.22. The minimum Gasteiger partial charge on any atom is -0.438 e. The average molecular weight is 173 g/mol. The average Bonchev–Trinajstić information content (AvgIpc) is 2.55. The van der Waals surface area contributed by atoms with Crippen LogP contribution >= 0.6 is 0 Å². The molecule has 0 saturated heterocycles. The van der Waals surface area contributed by atoms with Gasteiger partial charge in [-0.2, -0.15) is 0 Å². The van der Waals surface area contributed by atoms with Crippen molar-refractivity contribution in [3.8, 4) is 5.75 Å². The number of fused-ring (bicyclic) bond motifs is 1. The van der Waals surface area contributed by atoms with E-state index in [4.69, 9.17) is 4.74 Å². The lowest BCUT2D eigenvalue weighted by Crippen LogP contribution is -2.01. The van der Waals surface area contributed by atoms with Crippen molar-refractivity contribution in [2.75, 3.05) is 7.05 Å². The van der Waals surface area contributed by atoms with E-state index in [9.17, 15) is 0 Å². The fourth-order valence-corrected chi connectivity index (χ4v) is 1.50. The Morgan fingerprint density at radius 2 is 2.08 bits per heavy atom. The van der Waals surface area contributed by atoms with Gasteiger partial charge in [0.2, 0.25) is 5.90 Å². The number of nitrogens with zero attached hydrogens (tertiary/aromatic N) is 1. The first-order valence-electron chi connectivity index (χ1n) is 4.27. The molecule has 0 aromatic heterocycles. The lowest BCUT2D eigenvalue weighted by atomic mass is 10.1. The lowest BCUT2D eigenvalue weighted by Gasteiger charge is -1.94. The molecule has 2 rings (SSSR count). The Kier molecular flexibility index (Phi) is 1.89. The van der Waals surface area contributed by atoms with Gasteiger partial charge in [-0.05, 0) is 13.0 Å². The Balaban J connectivity index is 2.59. The summed E-state index contributed by atoms with van der Waals surface area (Å²) in [5, 5.41) is 0. The van der Waals surface area contributed by atoms with Crippen LogP contribution in [0.5, 0.6) is 5.75 Å². The molecule has 1 aromatic carbocycles. The summed E-state index contributed by atoms with van der Waals surface area (Å²) in [4.78, 5) is 4.08. The molecule has 1 aliphatic heterocycles. The molecule has 0 radical (unpaired) electrons. The molecular formula is C11H11NO. The van der Waals surface area contributed by atoms with Gasteiger partial charge in [0, 0.05) is 18.2 Å². The van der Waals surface area contributed by atoms with Crippen molar-refractivity contribution in [2.45, 2.75) is 6.92 Å². The zero-order chi connectivity index (χ0) is 9.26. The first-order chi connectivity index (χ1) is 6.36. The summed E-state index contributed by atoms with van der Waals surface area (Å²) in [5.41, 5.74) is 2.21. The molecular weight excluding hydrogens is 162 g/mol. The van der Waals surface area contributed by atoms with Gasteiger partial charge in [-0.25, -0.2) is 0 Å². The molecule has 0 unspecified atom stereocenters. The Labute approximate surface area is 77.6 Å². The normalized spacial score (nSPS) is 20.5. The fourth-order valence-electron chi connectivity index (χ4n) is 1.50. The van der Waals surface area contributed by atoms with Gasteiger partial charge in [0.05, 0.1) is 0 Å². The number of para-hydroxylation sites is 1. The zero-order valence-electron chi connectivity index (χ0n) is 7.74. The van der Waals surface area contributed by atoms with Gasteiger partial charge < -0.3 is 4.74 Å². The zero-order valence-corrected chi connectivity index (χ0v) is 7.74. The molecule has 0 fully saturated rings. The van der Waals surface area contributed by atoms with Crippen molar-refractivity contribution in [2.24, 2.45) is 4.99 Å². The van der Waals surface area contributed by atoms with Gasteiger partial charge in [-0.3, -0.25) is 4.99 Å². The topological polar surface area (TPSA) is 21.6 Å². The van der Waals surface area contributed by atoms with Crippen LogP contribution in [0.4, 0.5) is 0 Å². The van der Waals surface area contributed by atoms with Crippen LogP contribution in [0.3, 0.4) is 0 Å². The van der Waals surface area contributed by atoms with E-state index in [-0.39, 0.29) is 0 Å². The first-order valence-corrected chi connectivity index (χ1v) is 4.27.